The quantitative estimate of drug-likeness (QED) is 0.935. The molecule has 0 spiro atoms. The lowest BCUT2D eigenvalue weighted by Gasteiger charge is -2.35. The van der Waals surface area contributed by atoms with Crippen molar-refractivity contribution in [2.24, 2.45) is 0 Å². The first kappa shape index (κ1) is 14.4. The van der Waals surface area contributed by atoms with Gasteiger partial charge in [-0.2, -0.15) is 5.10 Å². The van der Waals surface area contributed by atoms with Crippen molar-refractivity contribution in [3.8, 4) is 5.69 Å². The smallest absolute Gasteiger partial charge is 0.257 e. The summed E-state index contributed by atoms with van der Waals surface area (Å²) in [5.41, 5.74) is 1.48. The first-order valence-corrected chi connectivity index (χ1v) is 8.19. The van der Waals surface area contributed by atoms with Gasteiger partial charge in [-0.05, 0) is 37.8 Å². The number of pyridine rings is 1. The van der Waals surface area contributed by atoms with Crippen LogP contribution in [0.3, 0.4) is 0 Å². The summed E-state index contributed by atoms with van der Waals surface area (Å²) in [5.74, 6) is 0.0476. The number of piperidine rings is 1. The summed E-state index contributed by atoms with van der Waals surface area (Å²) >= 11 is 0. The van der Waals surface area contributed by atoms with E-state index in [0.717, 1.165) is 18.5 Å². The molecule has 2 aromatic rings. The van der Waals surface area contributed by atoms with Crippen molar-refractivity contribution < 1.29 is 4.79 Å². The molecule has 1 amide bonds. The highest BCUT2D eigenvalue weighted by atomic mass is 16.2. The van der Waals surface area contributed by atoms with Gasteiger partial charge in [0.05, 0.1) is 23.6 Å². The largest absolute Gasteiger partial charge is 0.339 e. The molecular formula is C17H21N5O. The summed E-state index contributed by atoms with van der Waals surface area (Å²) in [4.78, 5) is 18.7. The highest BCUT2D eigenvalue weighted by Crippen LogP contribution is 2.29. The molecule has 6 heteroatoms. The Morgan fingerprint density at radius 3 is 2.78 bits per heavy atom. The number of nitrogens with zero attached hydrogens (tertiary/aromatic N) is 4. The van der Waals surface area contributed by atoms with Gasteiger partial charge in [-0.3, -0.25) is 9.78 Å². The van der Waals surface area contributed by atoms with Crippen molar-refractivity contribution in [3.05, 3.63) is 42.5 Å². The second kappa shape index (κ2) is 5.77. The lowest BCUT2D eigenvalue weighted by atomic mass is 9.98. The van der Waals surface area contributed by atoms with E-state index in [4.69, 9.17) is 0 Å². The molecule has 2 saturated heterocycles. The molecule has 2 aromatic heterocycles. The maximum atomic E-state index is 12.8. The number of rotatable bonds is 3. The summed E-state index contributed by atoms with van der Waals surface area (Å²) in [6.07, 6.45) is 11.5. The summed E-state index contributed by atoms with van der Waals surface area (Å²) in [6.45, 7) is 0. The van der Waals surface area contributed by atoms with Crippen molar-refractivity contribution in [2.75, 3.05) is 7.05 Å². The van der Waals surface area contributed by atoms with E-state index in [1.165, 1.54) is 12.8 Å². The van der Waals surface area contributed by atoms with Gasteiger partial charge in [-0.1, -0.05) is 0 Å². The molecule has 0 saturated carbocycles. The maximum absolute atomic E-state index is 12.8. The lowest BCUT2D eigenvalue weighted by molar-refractivity contribution is 0.0681. The average Bonchev–Trinajstić information content (AvgIpc) is 3.21. The number of fused-ring (bicyclic) bond motifs is 2. The molecule has 2 unspecified atom stereocenters. The minimum Gasteiger partial charge on any atom is -0.339 e. The van der Waals surface area contributed by atoms with E-state index < -0.39 is 0 Å². The second-order valence-electron chi connectivity index (χ2n) is 6.56. The van der Waals surface area contributed by atoms with Crippen LogP contribution in [0.2, 0.25) is 0 Å². The van der Waals surface area contributed by atoms with Crippen molar-refractivity contribution >= 4 is 5.91 Å². The Labute approximate surface area is 135 Å². The van der Waals surface area contributed by atoms with Crippen molar-refractivity contribution in [1.29, 1.82) is 0 Å². The van der Waals surface area contributed by atoms with E-state index in [1.54, 1.807) is 29.5 Å². The van der Waals surface area contributed by atoms with Crippen LogP contribution in [-0.2, 0) is 0 Å². The topological polar surface area (TPSA) is 63.1 Å². The van der Waals surface area contributed by atoms with Gasteiger partial charge < -0.3 is 10.2 Å². The zero-order chi connectivity index (χ0) is 15.8. The van der Waals surface area contributed by atoms with Gasteiger partial charge in [0.15, 0.2) is 0 Å². The molecule has 0 aromatic carbocycles. The molecule has 120 valence electrons. The van der Waals surface area contributed by atoms with Crippen LogP contribution in [0.1, 0.15) is 36.0 Å². The fourth-order valence-corrected chi connectivity index (χ4v) is 3.78. The second-order valence-corrected chi connectivity index (χ2v) is 6.56. The standard InChI is InChI=1S/C17H21N5O/c1-21(16-7-13-4-5-14(8-16)20-13)17(23)12-9-19-22(11-12)15-3-2-6-18-10-15/h2-3,6,9-11,13-14,16,20H,4-5,7-8H2,1H3. The number of hydrogen-bond acceptors (Lipinski definition) is 4. The zero-order valence-electron chi connectivity index (χ0n) is 13.2. The SMILES string of the molecule is CN(C(=O)c1cnn(-c2cccnc2)c1)C1CC2CCC(C1)N2. The zero-order valence-corrected chi connectivity index (χ0v) is 13.2. The van der Waals surface area contributed by atoms with Crippen LogP contribution in [0.25, 0.3) is 5.69 Å². The van der Waals surface area contributed by atoms with E-state index >= 15 is 0 Å². The fourth-order valence-electron chi connectivity index (χ4n) is 3.78. The van der Waals surface area contributed by atoms with Crippen molar-refractivity contribution in [1.82, 2.24) is 25.0 Å². The summed E-state index contributed by atoms with van der Waals surface area (Å²) in [5, 5.41) is 7.91. The molecular weight excluding hydrogens is 290 g/mol. The van der Waals surface area contributed by atoms with Gasteiger partial charge in [0.2, 0.25) is 0 Å². The Balaban J connectivity index is 1.49. The van der Waals surface area contributed by atoms with Crippen LogP contribution < -0.4 is 5.32 Å². The summed E-state index contributed by atoms with van der Waals surface area (Å²) < 4.78 is 1.69. The minimum atomic E-state index is 0.0476. The monoisotopic (exact) mass is 311 g/mol. The van der Waals surface area contributed by atoms with Gasteiger partial charge in [0.1, 0.15) is 0 Å². The lowest BCUT2D eigenvalue weighted by Crippen LogP contribution is -2.48. The highest BCUT2D eigenvalue weighted by Gasteiger charge is 2.36. The van der Waals surface area contributed by atoms with E-state index in [2.05, 4.69) is 15.4 Å². The van der Waals surface area contributed by atoms with Crippen LogP contribution in [-0.4, -0.2) is 50.7 Å². The van der Waals surface area contributed by atoms with E-state index in [0.29, 0.717) is 23.7 Å². The number of nitrogens with one attached hydrogen (secondary N) is 1. The predicted octanol–water partition coefficient (Wildman–Crippen LogP) is 1.62. The van der Waals surface area contributed by atoms with Crippen LogP contribution in [0.15, 0.2) is 36.9 Å². The van der Waals surface area contributed by atoms with Crippen LogP contribution in [0.5, 0.6) is 0 Å². The maximum Gasteiger partial charge on any atom is 0.257 e. The molecule has 2 bridgehead atoms. The highest BCUT2D eigenvalue weighted by molar-refractivity contribution is 5.93. The molecule has 4 rings (SSSR count). The molecule has 2 aliphatic heterocycles. The van der Waals surface area contributed by atoms with E-state index in [9.17, 15) is 4.79 Å². The molecule has 2 aliphatic rings. The fraction of sp³-hybridized carbons (Fsp3) is 0.471. The van der Waals surface area contributed by atoms with Crippen LogP contribution in [0.4, 0.5) is 0 Å². The Morgan fingerprint density at radius 1 is 1.30 bits per heavy atom. The molecule has 6 nitrogen and oxygen atoms in total. The molecule has 0 radical (unpaired) electrons. The van der Waals surface area contributed by atoms with Gasteiger partial charge >= 0.3 is 0 Å². The molecule has 2 atom stereocenters. The molecule has 0 aliphatic carbocycles. The molecule has 4 heterocycles. The molecule has 1 N–H and O–H groups in total. The number of carbonyl (C=O) groups excluding carboxylic acids is 1. The first-order chi connectivity index (χ1) is 11.2. The van der Waals surface area contributed by atoms with Gasteiger partial charge in [0, 0.05) is 37.6 Å². The van der Waals surface area contributed by atoms with E-state index in [1.807, 2.05) is 24.1 Å². The van der Waals surface area contributed by atoms with Crippen LogP contribution in [0, 0.1) is 0 Å². The number of amides is 1. The third kappa shape index (κ3) is 2.74. The normalized spacial score (nSPS) is 26.2. The third-order valence-electron chi connectivity index (χ3n) is 5.06. The molecule has 23 heavy (non-hydrogen) atoms. The third-order valence-corrected chi connectivity index (χ3v) is 5.06. The van der Waals surface area contributed by atoms with Crippen molar-refractivity contribution in [3.63, 3.8) is 0 Å². The molecule has 2 fully saturated rings. The number of hydrogen-bond donors (Lipinski definition) is 1. The average molecular weight is 311 g/mol. The Bertz CT molecular complexity index is 686. The number of aromatic nitrogens is 3. The predicted molar refractivity (Wildman–Crippen MR) is 86.4 cm³/mol. The van der Waals surface area contributed by atoms with Gasteiger partial charge in [-0.15, -0.1) is 0 Å². The Morgan fingerprint density at radius 2 is 2.09 bits per heavy atom. The van der Waals surface area contributed by atoms with E-state index in [-0.39, 0.29) is 5.91 Å². The minimum absolute atomic E-state index is 0.0476. The van der Waals surface area contributed by atoms with Crippen molar-refractivity contribution in [2.45, 2.75) is 43.8 Å². The first-order valence-electron chi connectivity index (χ1n) is 8.19. The summed E-state index contributed by atoms with van der Waals surface area (Å²) in [7, 11) is 1.92. The van der Waals surface area contributed by atoms with Crippen LogP contribution >= 0.6 is 0 Å². The number of carbonyl (C=O) groups is 1. The Kier molecular flexibility index (Phi) is 3.61. The summed E-state index contributed by atoms with van der Waals surface area (Å²) in [6, 6.07) is 5.25. The van der Waals surface area contributed by atoms with Gasteiger partial charge in [-0.25, -0.2) is 4.68 Å². The van der Waals surface area contributed by atoms with Gasteiger partial charge in [0.25, 0.3) is 5.91 Å². The Hall–Kier alpha value is -2.21.